The first kappa shape index (κ1) is 10.8. The Morgan fingerprint density at radius 2 is 2.39 bits per heavy atom. The molecule has 3 rings (SSSR count). The van der Waals surface area contributed by atoms with Gasteiger partial charge in [0, 0.05) is 19.0 Å². The molecule has 0 radical (unpaired) electrons. The summed E-state index contributed by atoms with van der Waals surface area (Å²) < 4.78 is 1.48. The topological polar surface area (TPSA) is 104 Å². The Hall–Kier alpha value is -2.38. The number of H-pyrrole nitrogens is 1. The van der Waals surface area contributed by atoms with Crippen molar-refractivity contribution in [2.45, 2.75) is 12.3 Å². The van der Waals surface area contributed by atoms with Crippen molar-refractivity contribution in [1.29, 1.82) is 0 Å². The lowest BCUT2D eigenvalue weighted by molar-refractivity contribution is 0.155. The van der Waals surface area contributed by atoms with E-state index < -0.39 is 6.09 Å². The Kier molecular flexibility index (Phi) is 2.29. The van der Waals surface area contributed by atoms with Crippen LogP contribution in [-0.4, -0.2) is 48.8 Å². The smallest absolute Gasteiger partial charge is 0.407 e. The molecular formula is C10H11N5O3. The maximum atomic E-state index is 11.5. The van der Waals surface area contributed by atoms with Gasteiger partial charge >= 0.3 is 6.09 Å². The number of hydrogen-bond donors (Lipinski definition) is 2. The molecule has 1 atom stereocenters. The average Bonchev–Trinajstić information content (AvgIpc) is 2.94. The van der Waals surface area contributed by atoms with Crippen molar-refractivity contribution in [2.24, 2.45) is 0 Å². The predicted molar refractivity (Wildman–Crippen MR) is 60.6 cm³/mol. The SMILES string of the molecule is O=C(O)N1CC[C@@H](c2ncc3c(=O)[nH]cnn23)C1. The lowest BCUT2D eigenvalue weighted by atomic mass is 10.1. The maximum Gasteiger partial charge on any atom is 0.407 e. The Labute approximate surface area is 101 Å². The van der Waals surface area contributed by atoms with Gasteiger partial charge in [0.25, 0.3) is 5.56 Å². The maximum absolute atomic E-state index is 11.5. The summed E-state index contributed by atoms with van der Waals surface area (Å²) in [6.45, 7) is 0.876. The zero-order valence-electron chi connectivity index (χ0n) is 9.41. The Morgan fingerprint density at radius 3 is 3.11 bits per heavy atom. The number of carbonyl (C=O) groups is 1. The zero-order valence-corrected chi connectivity index (χ0v) is 9.41. The molecule has 94 valence electrons. The van der Waals surface area contributed by atoms with Gasteiger partial charge in [-0.2, -0.15) is 5.10 Å². The third kappa shape index (κ3) is 1.53. The molecule has 1 amide bonds. The molecule has 8 heteroatoms. The number of likely N-dealkylation sites (tertiary alicyclic amines) is 1. The average molecular weight is 249 g/mol. The second kappa shape index (κ2) is 3.83. The molecule has 0 bridgehead atoms. The van der Waals surface area contributed by atoms with Crippen LogP contribution in [-0.2, 0) is 0 Å². The van der Waals surface area contributed by atoms with E-state index in [1.54, 1.807) is 0 Å². The van der Waals surface area contributed by atoms with Crippen LogP contribution in [0.15, 0.2) is 17.3 Å². The fraction of sp³-hybridized carbons (Fsp3) is 0.400. The molecule has 3 heterocycles. The van der Waals surface area contributed by atoms with Crippen molar-refractivity contribution in [3.63, 3.8) is 0 Å². The molecule has 18 heavy (non-hydrogen) atoms. The molecular weight excluding hydrogens is 238 g/mol. The van der Waals surface area contributed by atoms with E-state index in [1.807, 2.05) is 0 Å². The number of hydrogen-bond acceptors (Lipinski definition) is 4. The van der Waals surface area contributed by atoms with Crippen LogP contribution in [0.3, 0.4) is 0 Å². The van der Waals surface area contributed by atoms with E-state index in [0.29, 0.717) is 30.9 Å². The number of carboxylic acid groups (broad SMARTS) is 1. The van der Waals surface area contributed by atoms with Crippen LogP contribution in [0.25, 0.3) is 5.52 Å². The number of amides is 1. The van der Waals surface area contributed by atoms with E-state index in [1.165, 1.54) is 21.9 Å². The molecule has 8 nitrogen and oxygen atoms in total. The molecule has 1 aliphatic heterocycles. The van der Waals surface area contributed by atoms with Gasteiger partial charge < -0.3 is 15.0 Å². The summed E-state index contributed by atoms with van der Waals surface area (Å²) in [4.78, 5) is 30.4. The predicted octanol–water partition coefficient (Wildman–Crippen LogP) is -0.115. The molecule has 0 aliphatic carbocycles. The van der Waals surface area contributed by atoms with Crippen LogP contribution in [0.2, 0.25) is 0 Å². The van der Waals surface area contributed by atoms with Gasteiger partial charge in [-0.25, -0.2) is 14.3 Å². The van der Waals surface area contributed by atoms with Crippen molar-refractivity contribution in [2.75, 3.05) is 13.1 Å². The molecule has 2 aromatic rings. The highest BCUT2D eigenvalue weighted by Gasteiger charge is 2.30. The van der Waals surface area contributed by atoms with Crippen LogP contribution < -0.4 is 5.56 Å². The first-order valence-corrected chi connectivity index (χ1v) is 5.56. The Bertz CT molecular complexity index is 661. The number of nitrogens with zero attached hydrogens (tertiary/aromatic N) is 4. The summed E-state index contributed by atoms with van der Waals surface area (Å²) in [5.41, 5.74) is 0.123. The number of imidazole rings is 1. The highest BCUT2D eigenvalue weighted by molar-refractivity contribution is 5.65. The highest BCUT2D eigenvalue weighted by Crippen LogP contribution is 2.25. The van der Waals surface area contributed by atoms with E-state index in [0.717, 1.165) is 0 Å². The van der Waals surface area contributed by atoms with Gasteiger partial charge in [0.2, 0.25) is 0 Å². The third-order valence-corrected chi connectivity index (χ3v) is 3.19. The molecule has 0 aromatic carbocycles. The molecule has 2 aromatic heterocycles. The van der Waals surface area contributed by atoms with E-state index in [-0.39, 0.29) is 11.5 Å². The number of aromatic nitrogens is 4. The van der Waals surface area contributed by atoms with Crippen LogP contribution in [0.4, 0.5) is 4.79 Å². The minimum absolute atomic E-state index is 0.0158. The molecule has 2 N–H and O–H groups in total. The minimum atomic E-state index is -0.927. The number of rotatable bonds is 1. The lowest BCUT2D eigenvalue weighted by Crippen LogP contribution is -2.26. The summed E-state index contributed by atoms with van der Waals surface area (Å²) in [6, 6.07) is 0. The first-order valence-electron chi connectivity index (χ1n) is 5.56. The normalized spacial score (nSPS) is 19.6. The minimum Gasteiger partial charge on any atom is -0.465 e. The summed E-state index contributed by atoms with van der Waals surface area (Å²) in [5, 5.41) is 13.0. The molecule has 0 saturated carbocycles. The van der Waals surface area contributed by atoms with Gasteiger partial charge in [-0.05, 0) is 6.42 Å². The van der Waals surface area contributed by atoms with Crippen molar-refractivity contribution >= 4 is 11.6 Å². The quantitative estimate of drug-likeness (QED) is 0.733. The van der Waals surface area contributed by atoms with Gasteiger partial charge in [0.05, 0.1) is 6.20 Å². The van der Waals surface area contributed by atoms with Crippen molar-refractivity contribution < 1.29 is 9.90 Å². The second-order valence-electron chi connectivity index (χ2n) is 4.25. The molecule has 1 fully saturated rings. The number of fused-ring (bicyclic) bond motifs is 1. The van der Waals surface area contributed by atoms with E-state index in [9.17, 15) is 9.59 Å². The molecule has 0 unspecified atom stereocenters. The largest absolute Gasteiger partial charge is 0.465 e. The van der Waals surface area contributed by atoms with E-state index in [4.69, 9.17) is 5.11 Å². The van der Waals surface area contributed by atoms with Gasteiger partial charge in [-0.3, -0.25) is 4.79 Å². The van der Waals surface area contributed by atoms with Gasteiger partial charge in [0.1, 0.15) is 12.2 Å². The molecule has 0 spiro atoms. The summed E-state index contributed by atoms with van der Waals surface area (Å²) in [5.74, 6) is 0.623. The van der Waals surface area contributed by atoms with Gasteiger partial charge in [-0.1, -0.05) is 0 Å². The fourth-order valence-corrected chi connectivity index (χ4v) is 2.28. The van der Waals surface area contributed by atoms with Crippen LogP contribution >= 0.6 is 0 Å². The van der Waals surface area contributed by atoms with Crippen molar-refractivity contribution in [3.05, 3.63) is 28.7 Å². The second-order valence-corrected chi connectivity index (χ2v) is 4.25. The molecule has 1 saturated heterocycles. The highest BCUT2D eigenvalue weighted by atomic mass is 16.4. The number of aromatic amines is 1. The van der Waals surface area contributed by atoms with Crippen LogP contribution in [0, 0.1) is 0 Å². The molecule has 1 aliphatic rings. The lowest BCUT2D eigenvalue weighted by Gasteiger charge is -2.11. The van der Waals surface area contributed by atoms with Gasteiger partial charge in [0.15, 0.2) is 5.52 Å². The third-order valence-electron chi connectivity index (χ3n) is 3.19. The Balaban J connectivity index is 1.99. The first-order chi connectivity index (χ1) is 8.66. The van der Waals surface area contributed by atoms with Crippen LogP contribution in [0.5, 0.6) is 0 Å². The summed E-state index contributed by atoms with van der Waals surface area (Å²) in [7, 11) is 0. The Morgan fingerprint density at radius 1 is 1.56 bits per heavy atom. The monoisotopic (exact) mass is 249 g/mol. The van der Waals surface area contributed by atoms with E-state index in [2.05, 4.69) is 15.1 Å². The summed E-state index contributed by atoms with van der Waals surface area (Å²) >= 11 is 0. The zero-order chi connectivity index (χ0) is 12.7. The van der Waals surface area contributed by atoms with Crippen molar-refractivity contribution in [1.82, 2.24) is 24.5 Å². The standard InChI is InChI=1S/C10H11N5O3/c16-9-7-3-11-8(15(7)13-5-12-9)6-1-2-14(4-6)10(17)18/h3,5-6H,1-2,4H2,(H,17,18)(H,12,13,16)/t6-/m1/s1. The van der Waals surface area contributed by atoms with Crippen LogP contribution in [0.1, 0.15) is 18.2 Å². The number of nitrogens with one attached hydrogen (secondary N) is 1. The van der Waals surface area contributed by atoms with Gasteiger partial charge in [-0.15, -0.1) is 0 Å². The van der Waals surface area contributed by atoms with E-state index >= 15 is 0 Å². The fourth-order valence-electron chi connectivity index (χ4n) is 2.28. The van der Waals surface area contributed by atoms with Crippen molar-refractivity contribution in [3.8, 4) is 0 Å². The summed E-state index contributed by atoms with van der Waals surface area (Å²) in [6.07, 6.45) is 2.54.